The number of carbonyl (C=O) groups is 1. The fourth-order valence-corrected chi connectivity index (χ4v) is 2.09. The molecule has 4 heteroatoms. The molecule has 0 aliphatic heterocycles. The largest absolute Gasteiger partial charge is 0.293 e. The van der Waals surface area contributed by atoms with Gasteiger partial charge in [-0.05, 0) is 30.4 Å². The molecule has 15 heavy (non-hydrogen) atoms. The van der Waals surface area contributed by atoms with Crippen molar-refractivity contribution in [3.05, 3.63) is 34.6 Å². The molecular formula is C11H12ClFOS. The normalized spacial score (nSPS) is 10.3. The van der Waals surface area contributed by atoms with Crippen LogP contribution in [0.2, 0.25) is 5.02 Å². The van der Waals surface area contributed by atoms with Crippen LogP contribution in [-0.2, 0) is 0 Å². The molecule has 1 aromatic carbocycles. The Hall–Kier alpha value is -0.540. The number of ketones is 1. The van der Waals surface area contributed by atoms with Gasteiger partial charge in [-0.3, -0.25) is 4.79 Å². The molecule has 0 heterocycles. The quantitative estimate of drug-likeness (QED) is 0.581. The van der Waals surface area contributed by atoms with E-state index in [1.807, 2.05) is 6.92 Å². The lowest BCUT2D eigenvalue weighted by molar-refractivity contribution is 0.102. The fraction of sp³-hybridized carbons (Fsp3) is 0.364. The van der Waals surface area contributed by atoms with Crippen molar-refractivity contribution < 1.29 is 9.18 Å². The van der Waals surface area contributed by atoms with Crippen LogP contribution in [0, 0.1) is 5.82 Å². The van der Waals surface area contributed by atoms with Crippen LogP contribution >= 0.6 is 23.4 Å². The molecule has 0 saturated heterocycles. The van der Waals surface area contributed by atoms with Gasteiger partial charge in [0.1, 0.15) is 5.82 Å². The van der Waals surface area contributed by atoms with Gasteiger partial charge < -0.3 is 0 Å². The monoisotopic (exact) mass is 246 g/mol. The molecule has 0 N–H and O–H groups in total. The maximum atomic E-state index is 12.9. The van der Waals surface area contributed by atoms with Crippen molar-refractivity contribution in [1.82, 2.24) is 0 Å². The molecule has 0 fully saturated rings. The second kappa shape index (κ2) is 6.13. The average molecular weight is 247 g/mol. The zero-order valence-corrected chi connectivity index (χ0v) is 10.00. The summed E-state index contributed by atoms with van der Waals surface area (Å²) in [6, 6.07) is 3.85. The van der Waals surface area contributed by atoms with Crippen LogP contribution < -0.4 is 0 Å². The van der Waals surface area contributed by atoms with E-state index >= 15 is 0 Å². The van der Waals surface area contributed by atoms with Crippen LogP contribution in [0.5, 0.6) is 0 Å². The smallest absolute Gasteiger partial charge is 0.174 e. The van der Waals surface area contributed by atoms with Gasteiger partial charge in [0.25, 0.3) is 0 Å². The highest BCUT2D eigenvalue weighted by molar-refractivity contribution is 7.99. The Morgan fingerprint density at radius 1 is 1.53 bits per heavy atom. The highest BCUT2D eigenvalue weighted by atomic mass is 35.5. The van der Waals surface area contributed by atoms with Gasteiger partial charge in [0, 0.05) is 5.56 Å². The predicted molar refractivity (Wildman–Crippen MR) is 63.4 cm³/mol. The first kappa shape index (κ1) is 12.5. The Morgan fingerprint density at radius 2 is 2.27 bits per heavy atom. The Morgan fingerprint density at radius 3 is 2.93 bits per heavy atom. The number of Topliss-reactive ketones (excluding diaryl/α,β-unsaturated/α-hetero) is 1. The number of halogens is 2. The first-order valence-corrected chi connectivity index (χ1v) is 6.24. The van der Waals surface area contributed by atoms with E-state index in [9.17, 15) is 9.18 Å². The molecule has 0 aromatic heterocycles. The number of thioether (sulfide) groups is 1. The molecule has 0 atom stereocenters. The summed E-state index contributed by atoms with van der Waals surface area (Å²) in [5.74, 6) is 0.747. The van der Waals surface area contributed by atoms with Crippen LogP contribution in [0.4, 0.5) is 4.39 Å². The summed E-state index contributed by atoms with van der Waals surface area (Å²) in [7, 11) is 0. The zero-order valence-electron chi connectivity index (χ0n) is 8.43. The lowest BCUT2D eigenvalue weighted by atomic mass is 10.1. The van der Waals surface area contributed by atoms with Gasteiger partial charge in [-0.15, -0.1) is 0 Å². The van der Waals surface area contributed by atoms with E-state index in [0.717, 1.165) is 12.2 Å². The van der Waals surface area contributed by atoms with Crippen LogP contribution in [0.25, 0.3) is 0 Å². The standard InChI is InChI=1S/C11H12ClFOS/c1-2-5-15-7-11(14)9-6-8(13)3-4-10(9)12/h3-4,6H,2,5,7H2,1H3. The number of rotatable bonds is 5. The third kappa shape index (κ3) is 3.84. The SMILES string of the molecule is CCCSCC(=O)c1cc(F)ccc1Cl. The van der Waals surface area contributed by atoms with Gasteiger partial charge in [0.2, 0.25) is 0 Å². The van der Waals surface area contributed by atoms with Crippen molar-refractivity contribution in [1.29, 1.82) is 0 Å². The van der Waals surface area contributed by atoms with Crippen LogP contribution in [0.15, 0.2) is 18.2 Å². The molecular weight excluding hydrogens is 235 g/mol. The molecule has 0 unspecified atom stereocenters. The van der Waals surface area contributed by atoms with E-state index in [-0.39, 0.29) is 11.3 Å². The molecule has 1 nitrogen and oxygen atoms in total. The number of benzene rings is 1. The highest BCUT2D eigenvalue weighted by Crippen LogP contribution is 2.19. The number of carbonyl (C=O) groups excluding carboxylic acids is 1. The maximum absolute atomic E-state index is 12.9. The third-order valence-electron chi connectivity index (χ3n) is 1.81. The first-order valence-electron chi connectivity index (χ1n) is 4.71. The van der Waals surface area contributed by atoms with E-state index in [1.54, 1.807) is 11.8 Å². The summed E-state index contributed by atoms with van der Waals surface area (Å²) >= 11 is 7.35. The summed E-state index contributed by atoms with van der Waals surface area (Å²) in [4.78, 5) is 11.6. The van der Waals surface area contributed by atoms with Crippen molar-refractivity contribution >= 4 is 29.1 Å². The minimum Gasteiger partial charge on any atom is -0.293 e. The van der Waals surface area contributed by atoms with E-state index in [1.165, 1.54) is 18.2 Å². The van der Waals surface area contributed by atoms with Crippen LogP contribution in [-0.4, -0.2) is 17.3 Å². The fourth-order valence-electron chi connectivity index (χ4n) is 1.10. The number of hydrogen-bond acceptors (Lipinski definition) is 2. The third-order valence-corrected chi connectivity index (χ3v) is 3.30. The van der Waals surface area contributed by atoms with E-state index in [0.29, 0.717) is 10.8 Å². The van der Waals surface area contributed by atoms with Crippen LogP contribution in [0.3, 0.4) is 0 Å². The van der Waals surface area contributed by atoms with Gasteiger partial charge in [0.05, 0.1) is 10.8 Å². The molecule has 1 aromatic rings. The summed E-state index contributed by atoms with van der Waals surface area (Å²) in [6.45, 7) is 2.05. The summed E-state index contributed by atoms with van der Waals surface area (Å²) in [6.07, 6.45) is 1.02. The van der Waals surface area contributed by atoms with Gasteiger partial charge in [-0.25, -0.2) is 4.39 Å². The van der Waals surface area contributed by atoms with Gasteiger partial charge >= 0.3 is 0 Å². The second-order valence-corrected chi connectivity index (χ2v) is 4.61. The molecule has 0 aliphatic carbocycles. The Labute approximate surface area is 98.0 Å². The van der Waals surface area contributed by atoms with Crippen molar-refractivity contribution in [2.24, 2.45) is 0 Å². The van der Waals surface area contributed by atoms with Gasteiger partial charge in [-0.2, -0.15) is 11.8 Å². The van der Waals surface area contributed by atoms with Crippen molar-refractivity contribution in [2.45, 2.75) is 13.3 Å². The first-order chi connectivity index (χ1) is 7.15. The molecule has 82 valence electrons. The molecule has 0 spiro atoms. The Kier molecular flexibility index (Phi) is 5.12. The van der Waals surface area contributed by atoms with Crippen LogP contribution in [0.1, 0.15) is 23.7 Å². The minimum atomic E-state index is -0.428. The molecule has 0 radical (unpaired) electrons. The van der Waals surface area contributed by atoms with E-state index in [2.05, 4.69) is 0 Å². The Bertz CT molecular complexity index is 354. The van der Waals surface area contributed by atoms with Crippen molar-refractivity contribution in [3.63, 3.8) is 0 Å². The van der Waals surface area contributed by atoms with E-state index < -0.39 is 5.82 Å². The lowest BCUT2D eigenvalue weighted by Gasteiger charge is -2.03. The van der Waals surface area contributed by atoms with Crippen molar-refractivity contribution in [3.8, 4) is 0 Å². The van der Waals surface area contributed by atoms with E-state index in [4.69, 9.17) is 11.6 Å². The number of hydrogen-bond donors (Lipinski definition) is 0. The minimum absolute atomic E-state index is 0.113. The lowest BCUT2D eigenvalue weighted by Crippen LogP contribution is -2.04. The van der Waals surface area contributed by atoms with Crippen molar-refractivity contribution in [2.75, 3.05) is 11.5 Å². The highest BCUT2D eigenvalue weighted by Gasteiger charge is 2.11. The molecule has 1 rings (SSSR count). The zero-order chi connectivity index (χ0) is 11.3. The molecule has 0 amide bonds. The second-order valence-electron chi connectivity index (χ2n) is 3.10. The summed E-state index contributed by atoms with van der Waals surface area (Å²) in [5.41, 5.74) is 0.278. The molecule has 0 bridgehead atoms. The Balaban J connectivity index is 2.68. The predicted octanol–water partition coefficient (Wildman–Crippen LogP) is 3.81. The molecule has 0 saturated carbocycles. The topological polar surface area (TPSA) is 17.1 Å². The van der Waals surface area contributed by atoms with Gasteiger partial charge in [0.15, 0.2) is 5.78 Å². The van der Waals surface area contributed by atoms with Gasteiger partial charge in [-0.1, -0.05) is 18.5 Å². The summed E-state index contributed by atoms with van der Waals surface area (Å²) < 4.78 is 12.9. The summed E-state index contributed by atoms with van der Waals surface area (Å²) in [5, 5.41) is 0.318. The molecule has 0 aliphatic rings. The average Bonchev–Trinajstić information content (AvgIpc) is 2.22. The maximum Gasteiger partial charge on any atom is 0.174 e.